The van der Waals surface area contributed by atoms with Crippen molar-refractivity contribution in [3.05, 3.63) is 34.9 Å². The monoisotopic (exact) mass is 224 g/mol. The number of benzene rings is 1. The van der Waals surface area contributed by atoms with Crippen molar-refractivity contribution in [2.75, 3.05) is 0 Å². The summed E-state index contributed by atoms with van der Waals surface area (Å²) in [6.07, 6.45) is 1.62. The third-order valence-electron chi connectivity index (χ3n) is 2.25. The normalized spacial score (nSPS) is 14.9. The number of halogens is 1. The van der Waals surface area contributed by atoms with E-state index < -0.39 is 0 Å². The predicted octanol–water partition coefficient (Wildman–Crippen LogP) is 2.71. The summed E-state index contributed by atoms with van der Waals surface area (Å²) in [5.74, 6) is 0.299. The molecule has 62 valence electrons. The number of fused-ring (bicyclic) bond motifs is 1. The van der Waals surface area contributed by atoms with Gasteiger partial charge in [0.1, 0.15) is 0 Å². The Kier molecular flexibility index (Phi) is 2.01. The molecule has 0 saturated carbocycles. The van der Waals surface area contributed by atoms with E-state index in [4.69, 9.17) is 0 Å². The molecule has 0 atom stereocenters. The molecule has 0 aliphatic heterocycles. The van der Waals surface area contributed by atoms with E-state index in [1.54, 1.807) is 0 Å². The molecule has 0 fully saturated rings. The van der Waals surface area contributed by atoms with E-state index in [-0.39, 0.29) is 0 Å². The first-order valence-electron chi connectivity index (χ1n) is 4.02. The van der Waals surface area contributed by atoms with Crippen LogP contribution in [0.4, 0.5) is 0 Å². The number of alkyl halides is 1. The third-order valence-corrected chi connectivity index (χ3v) is 2.90. The van der Waals surface area contributed by atoms with Crippen LogP contribution in [0.25, 0.3) is 0 Å². The van der Waals surface area contributed by atoms with Gasteiger partial charge >= 0.3 is 0 Å². The van der Waals surface area contributed by atoms with Gasteiger partial charge in [-0.1, -0.05) is 28.1 Å². The SMILES string of the molecule is O=C1CCc2ccc(CBr)cc21. The highest BCUT2D eigenvalue weighted by atomic mass is 79.9. The Bertz CT molecular complexity index is 331. The number of ketones is 1. The number of carbonyl (C=O) groups is 1. The Morgan fingerprint density at radius 3 is 2.92 bits per heavy atom. The summed E-state index contributed by atoms with van der Waals surface area (Å²) in [6, 6.07) is 6.14. The molecule has 0 saturated heterocycles. The molecular formula is C10H9BrO. The Morgan fingerprint density at radius 1 is 1.33 bits per heavy atom. The van der Waals surface area contributed by atoms with Crippen LogP contribution in [0.1, 0.15) is 27.9 Å². The molecular weight excluding hydrogens is 216 g/mol. The zero-order chi connectivity index (χ0) is 8.55. The van der Waals surface area contributed by atoms with Gasteiger partial charge in [-0.15, -0.1) is 0 Å². The van der Waals surface area contributed by atoms with Crippen molar-refractivity contribution in [2.24, 2.45) is 0 Å². The maximum atomic E-state index is 11.3. The minimum Gasteiger partial charge on any atom is -0.294 e. The number of hydrogen-bond donors (Lipinski definition) is 0. The van der Waals surface area contributed by atoms with Crippen LogP contribution >= 0.6 is 15.9 Å². The summed E-state index contributed by atoms with van der Waals surface area (Å²) in [4.78, 5) is 11.3. The van der Waals surface area contributed by atoms with Crippen molar-refractivity contribution in [3.63, 3.8) is 0 Å². The van der Waals surface area contributed by atoms with Crippen LogP contribution in [0.5, 0.6) is 0 Å². The molecule has 0 unspecified atom stereocenters. The first-order chi connectivity index (χ1) is 5.81. The topological polar surface area (TPSA) is 17.1 Å². The summed E-state index contributed by atoms with van der Waals surface area (Å²) in [7, 11) is 0. The van der Waals surface area contributed by atoms with Crippen LogP contribution in [0.15, 0.2) is 18.2 Å². The van der Waals surface area contributed by atoms with Crippen LogP contribution < -0.4 is 0 Å². The van der Waals surface area contributed by atoms with Gasteiger partial charge < -0.3 is 0 Å². The van der Waals surface area contributed by atoms with Crippen molar-refractivity contribution < 1.29 is 4.79 Å². The fourth-order valence-electron chi connectivity index (χ4n) is 1.57. The molecule has 1 aromatic carbocycles. The quantitative estimate of drug-likeness (QED) is 0.671. The largest absolute Gasteiger partial charge is 0.294 e. The van der Waals surface area contributed by atoms with Gasteiger partial charge in [0.05, 0.1) is 0 Å². The number of aryl methyl sites for hydroxylation is 1. The fraction of sp³-hybridized carbons (Fsp3) is 0.300. The molecule has 2 heteroatoms. The third kappa shape index (κ3) is 1.20. The second kappa shape index (κ2) is 3.02. The zero-order valence-corrected chi connectivity index (χ0v) is 8.23. The second-order valence-electron chi connectivity index (χ2n) is 3.05. The summed E-state index contributed by atoms with van der Waals surface area (Å²) in [6.45, 7) is 0. The molecule has 0 spiro atoms. The Balaban J connectivity index is 2.50. The summed E-state index contributed by atoms with van der Waals surface area (Å²) in [5, 5.41) is 0.827. The Morgan fingerprint density at radius 2 is 2.17 bits per heavy atom. The number of carbonyl (C=O) groups excluding carboxylic acids is 1. The molecule has 2 rings (SSSR count). The van der Waals surface area contributed by atoms with Gasteiger partial charge in [-0.3, -0.25) is 4.79 Å². The van der Waals surface area contributed by atoms with Gasteiger partial charge in [0.25, 0.3) is 0 Å². The van der Waals surface area contributed by atoms with Crippen molar-refractivity contribution in [3.8, 4) is 0 Å². The van der Waals surface area contributed by atoms with E-state index in [0.29, 0.717) is 12.2 Å². The predicted molar refractivity (Wildman–Crippen MR) is 51.7 cm³/mol. The molecule has 1 nitrogen and oxygen atoms in total. The van der Waals surface area contributed by atoms with E-state index >= 15 is 0 Å². The van der Waals surface area contributed by atoms with Gasteiger partial charge in [0.2, 0.25) is 0 Å². The molecule has 0 heterocycles. The first kappa shape index (κ1) is 7.99. The van der Waals surface area contributed by atoms with Gasteiger partial charge in [0.15, 0.2) is 5.78 Å². The van der Waals surface area contributed by atoms with Crippen molar-refractivity contribution in [1.82, 2.24) is 0 Å². The lowest BCUT2D eigenvalue weighted by atomic mass is 10.1. The van der Waals surface area contributed by atoms with Gasteiger partial charge in [-0.05, 0) is 23.6 Å². The maximum absolute atomic E-state index is 11.3. The lowest BCUT2D eigenvalue weighted by molar-refractivity contribution is 0.0994. The first-order valence-corrected chi connectivity index (χ1v) is 5.14. The summed E-state index contributed by atoms with van der Waals surface area (Å²) in [5.41, 5.74) is 3.33. The highest BCUT2D eigenvalue weighted by Gasteiger charge is 2.18. The van der Waals surface area contributed by atoms with E-state index in [0.717, 1.165) is 17.3 Å². The number of hydrogen-bond acceptors (Lipinski definition) is 1. The molecule has 0 amide bonds. The number of Topliss-reactive ketones (excluding diaryl/α,β-unsaturated/α-hetero) is 1. The highest BCUT2D eigenvalue weighted by Crippen LogP contribution is 2.23. The van der Waals surface area contributed by atoms with Gasteiger partial charge in [-0.2, -0.15) is 0 Å². The highest BCUT2D eigenvalue weighted by molar-refractivity contribution is 9.08. The van der Waals surface area contributed by atoms with Crippen LogP contribution in [-0.4, -0.2) is 5.78 Å². The number of rotatable bonds is 1. The standard InChI is InChI=1S/C10H9BrO/c11-6-7-1-2-8-3-4-10(12)9(8)5-7/h1-2,5H,3-4,6H2. The van der Waals surface area contributed by atoms with Crippen molar-refractivity contribution >= 4 is 21.7 Å². The summed E-state index contributed by atoms with van der Waals surface area (Å²) >= 11 is 3.37. The van der Waals surface area contributed by atoms with Gasteiger partial charge in [0, 0.05) is 17.3 Å². The van der Waals surface area contributed by atoms with E-state index in [2.05, 4.69) is 28.1 Å². The minimum absolute atomic E-state index is 0.299. The fourth-order valence-corrected chi connectivity index (χ4v) is 1.92. The molecule has 0 aromatic heterocycles. The average Bonchev–Trinajstić information content (AvgIpc) is 2.47. The zero-order valence-electron chi connectivity index (χ0n) is 6.64. The van der Waals surface area contributed by atoms with Crippen molar-refractivity contribution in [1.29, 1.82) is 0 Å². The lowest BCUT2D eigenvalue weighted by Crippen LogP contribution is -1.92. The van der Waals surface area contributed by atoms with Crippen LogP contribution in [0.3, 0.4) is 0 Å². The van der Waals surface area contributed by atoms with E-state index in [1.165, 1.54) is 11.1 Å². The van der Waals surface area contributed by atoms with E-state index in [1.807, 2.05) is 6.07 Å². The molecule has 1 aliphatic rings. The molecule has 1 aliphatic carbocycles. The second-order valence-corrected chi connectivity index (χ2v) is 3.61. The Labute approximate surface area is 79.9 Å². The molecule has 0 N–H and O–H groups in total. The minimum atomic E-state index is 0.299. The van der Waals surface area contributed by atoms with E-state index in [9.17, 15) is 4.79 Å². The Hall–Kier alpha value is -0.630. The maximum Gasteiger partial charge on any atom is 0.163 e. The lowest BCUT2D eigenvalue weighted by Gasteiger charge is -1.99. The smallest absolute Gasteiger partial charge is 0.163 e. The molecule has 12 heavy (non-hydrogen) atoms. The van der Waals surface area contributed by atoms with Gasteiger partial charge in [-0.25, -0.2) is 0 Å². The molecule has 0 radical (unpaired) electrons. The molecule has 1 aromatic rings. The summed E-state index contributed by atoms with van der Waals surface area (Å²) < 4.78 is 0. The van der Waals surface area contributed by atoms with Crippen LogP contribution in [0.2, 0.25) is 0 Å². The van der Waals surface area contributed by atoms with Crippen LogP contribution in [-0.2, 0) is 11.8 Å². The average molecular weight is 225 g/mol. The van der Waals surface area contributed by atoms with Crippen molar-refractivity contribution in [2.45, 2.75) is 18.2 Å². The van der Waals surface area contributed by atoms with Crippen LogP contribution in [0, 0.1) is 0 Å². The molecule has 0 bridgehead atoms.